The first-order chi connectivity index (χ1) is 13.1. The molecule has 0 fully saturated rings. The number of benzene rings is 2. The van der Waals surface area contributed by atoms with Gasteiger partial charge in [0.05, 0.1) is 18.0 Å². The van der Waals surface area contributed by atoms with Gasteiger partial charge in [-0.25, -0.2) is 18.1 Å². The first kappa shape index (κ1) is 17.9. The van der Waals surface area contributed by atoms with Crippen molar-refractivity contribution in [3.63, 3.8) is 0 Å². The monoisotopic (exact) mass is 383 g/mol. The van der Waals surface area contributed by atoms with Crippen molar-refractivity contribution < 1.29 is 13.2 Å². The van der Waals surface area contributed by atoms with Crippen LogP contribution in [-0.4, -0.2) is 31.6 Å². The fourth-order valence-electron chi connectivity index (χ4n) is 3.42. The van der Waals surface area contributed by atoms with Crippen LogP contribution in [0.5, 0.6) is 0 Å². The molecule has 2 heterocycles. The van der Waals surface area contributed by atoms with E-state index in [0.29, 0.717) is 13.2 Å². The Morgan fingerprint density at radius 1 is 1.19 bits per heavy atom. The largest absolute Gasteiger partial charge is 0.371 e. The number of aromatic nitrogens is 2. The molecule has 140 valence electrons. The topological polar surface area (TPSA) is 73.2 Å². The molecule has 1 aromatic heterocycles. The average molecular weight is 383 g/mol. The molecule has 3 aromatic rings. The van der Waals surface area contributed by atoms with Crippen LogP contribution >= 0.6 is 0 Å². The summed E-state index contributed by atoms with van der Waals surface area (Å²) in [5.74, 6) is 0.787. The van der Waals surface area contributed by atoms with E-state index in [2.05, 4.69) is 27.9 Å². The van der Waals surface area contributed by atoms with Gasteiger partial charge >= 0.3 is 0 Å². The van der Waals surface area contributed by atoms with Gasteiger partial charge in [0.2, 0.25) is 10.0 Å². The van der Waals surface area contributed by atoms with Crippen molar-refractivity contribution in [2.75, 3.05) is 13.7 Å². The van der Waals surface area contributed by atoms with E-state index in [1.54, 1.807) is 30.5 Å². The second-order valence-electron chi connectivity index (χ2n) is 6.44. The lowest BCUT2D eigenvalue weighted by Crippen LogP contribution is -2.20. The first-order valence-electron chi connectivity index (χ1n) is 8.83. The molecule has 4 rings (SSSR count). The Balaban J connectivity index is 1.61. The molecule has 2 aromatic carbocycles. The molecule has 0 bridgehead atoms. The van der Waals surface area contributed by atoms with Gasteiger partial charge in [-0.3, -0.25) is 0 Å². The third-order valence-electron chi connectivity index (χ3n) is 4.86. The quantitative estimate of drug-likeness (QED) is 0.735. The zero-order valence-electron chi connectivity index (χ0n) is 15.0. The minimum Gasteiger partial charge on any atom is -0.371 e. The second-order valence-corrected chi connectivity index (χ2v) is 8.33. The lowest BCUT2D eigenvalue weighted by molar-refractivity contribution is 0.0309. The summed E-state index contributed by atoms with van der Waals surface area (Å²) in [5, 5.41) is 0. The van der Waals surface area contributed by atoms with Crippen LogP contribution in [-0.2, 0) is 27.7 Å². The van der Waals surface area contributed by atoms with E-state index in [4.69, 9.17) is 4.74 Å². The Morgan fingerprint density at radius 3 is 2.74 bits per heavy atom. The van der Waals surface area contributed by atoms with E-state index in [1.165, 1.54) is 18.2 Å². The Bertz CT molecular complexity index is 1040. The summed E-state index contributed by atoms with van der Waals surface area (Å²) in [4.78, 5) is 4.70. The number of imidazole rings is 1. The van der Waals surface area contributed by atoms with Gasteiger partial charge in [-0.1, -0.05) is 24.3 Å². The van der Waals surface area contributed by atoms with Crippen molar-refractivity contribution in [1.82, 2.24) is 14.3 Å². The number of rotatable bonds is 5. The lowest BCUT2D eigenvalue weighted by atomic mass is 9.97. The van der Waals surface area contributed by atoms with Crippen molar-refractivity contribution in [3.05, 3.63) is 72.1 Å². The predicted molar refractivity (Wildman–Crippen MR) is 103 cm³/mol. The summed E-state index contributed by atoms with van der Waals surface area (Å²) in [6.07, 6.45) is 4.59. The van der Waals surface area contributed by atoms with E-state index < -0.39 is 10.0 Å². The van der Waals surface area contributed by atoms with Gasteiger partial charge in [0, 0.05) is 18.0 Å². The van der Waals surface area contributed by atoms with Crippen LogP contribution in [0.15, 0.2) is 65.8 Å². The summed E-state index contributed by atoms with van der Waals surface area (Å²) < 4.78 is 34.2. The summed E-state index contributed by atoms with van der Waals surface area (Å²) >= 11 is 0. The van der Waals surface area contributed by atoms with Crippen molar-refractivity contribution in [2.24, 2.45) is 0 Å². The molecular weight excluding hydrogens is 362 g/mol. The third-order valence-corrected chi connectivity index (χ3v) is 6.29. The van der Waals surface area contributed by atoms with Crippen LogP contribution in [0.4, 0.5) is 0 Å². The Hall–Kier alpha value is -2.48. The molecule has 0 saturated heterocycles. The van der Waals surface area contributed by atoms with Crippen molar-refractivity contribution in [1.29, 1.82) is 0 Å². The van der Waals surface area contributed by atoms with E-state index in [-0.39, 0.29) is 11.0 Å². The number of hydrogen-bond acceptors (Lipinski definition) is 4. The van der Waals surface area contributed by atoms with Crippen LogP contribution in [0.1, 0.15) is 17.2 Å². The van der Waals surface area contributed by atoms with Gasteiger partial charge in [0.25, 0.3) is 0 Å². The molecule has 1 aliphatic heterocycles. The van der Waals surface area contributed by atoms with Gasteiger partial charge in [-0.15, -0.1) is 0 Å². The van der Waals surface area contributed by atoms with Crippen LogP contribution < -0.4 is 4.72 Å². The Labute approximate surface area is 158 Å². The highest BCUT2D eigenvalue weighted by Crippen LogP contribution is 2.30. The Kier molecular flexibility index (Phi) is 4.82. The van der Waals surface area contributed by atoms with E-state index >= 15 is 0 Å². The first-order valence-corrected chi connectivity index (χ1v) is 10.3. The van der Waals surface area contributed by atoms with Crippen LogP contribution in [0.3, 0.4) is 0 Å². The third kappa shape index (κ3) is 3.53. The molecule has 1 atom stereocenters. The normalized spacial score (nSPS) is 16.9. The molecule has 1 aliphatic rings. The van der Waals surface area contributed by atoms with Gasteiger partial charge in [-0.05, 0) is 48.9 Å². The molecule has 0 aliphatic carbocycles. The molecule has 1 unspecified atom stereocenters. The zero-order valence-corrected chi connectivity index (χ0v) is 15.8. The number of sulfonamides is 1. The van der Waals surface area contributed by atoms with Gasteiger partial charge < -0.3 is 9.30 Å². The van der Waals surface area contributed by atoms with Gasteiger partial charge in [0.1, 0.15) is 11.9 Å². The molecule has 27 heavy (non-hydrogen) atoms. The highest BCUT2D eigenvalue weighted by atomic mass is 32.2. The van der Waals surface area contributed by atoms with Crippen molar-refractivity contribution in [3.8, 4) is 11.4 Å². The highest BCUT2D eigenvalue weighted by molar-refractivity contribution is 7.89. The minimum atomic E-state index is -3.45. The predicted octanol–water partition coefficient (Wildman–Crippen LogP) is 2.77. The van der Waals surface area contributed by atoms with Crippen LogP contribution in [0.2, 0.25) is 0 Å². The molecule has 0 amide bonds. The maximum absolute atomic E-state index is 11.9. The molecule has 0 saturated carbocycles. The number of ether oxygens (including phenoxy) is 1. The fraction of sp³-hybridized carbons (Fsp3) is 0.250. The summed E-state index contributed by atoms with van der Waals surface area (Å²) in [6, 6.07) is 15.1. The number of hydrogen-bond donors (Lipinski definition) is 1. The number of fused-ring (bicyclic) bond motifs is 1. The summed E-state index contributed by atoms with van der Waals surface area (Å²) in [5.41, 5.74) is 3.41. The van der Waals surface area contributed by atoms with Crippen molar-refractivity contribution in [2.45, 2.75) is 24.0 Å². The maximum atomic E-state index is 11.9. The van der Waals surface area contributed by atoms with E-state index in [1.807, 2.05) is 16.8 Å². The van der Waals surface area contributed by atoms with Crippen LogP contribution in [0.25, 0.3) is 11.4 Å². The van der Waals surface area contributed by atoms with Crippen LogP contribution in [0, 0.1) is 0 Å². The Morgan fingerprint density at radius 2 is 1.96 bits per heavy atom. The molecule has 7 heteroatoms. The summed E-state index contributed by atoms with van der Waals surface area (Å²) in [7, 11) is -2.05. The van der Waals surface area contributed by atoms with E-state index in [9.17, 15) is 8.42 Å². The van der Waals surface area contributed by atoms with Crippen molar-refractivity contribution >= 4 is 10.0 Å². The summed E-state index contributed by atoms with van der Waals surface area (Å²) in [6.45, 7) is 1.37. The molecule has 0 spiro atoms. The zero-order chi connectivity index (χ0) is 18.9. The van der Waals surface area contributed by atoms with Gasteiger partial charge in [-0.2, -0.15) is 0 Å². The molecule has 0 radical (unpaired) electrons. The fourth-order valence-corrected chi connectivity index (χ4v) is 4.15. The molecule has 1 N–H and O–H groups in total. The smallest absolute Gasteiger partial charge is 0.240 e. The molecule has 6 nitrogen and oxygen atoms in total. The minimum absolute atomic E-state index is 0.0214. The number of nitrogens with zero attached hydrogens (tertiary/aromatic N) is 2. The maximum Gasteiger partial charge on any atom is 0.240 e. The van der Waals surface area contributed by atoms with Gasteiger partial charge in [0.15, 0.2) is 0 Å². The van der Waals surface area contributed by atoms with E-state index in [0.717, 1.165) is 17.8 Å². The second kappa shape index (κ2) is 7.26. The average Bonchev–Trinajstić information content (AvgIpc) is 3.16. The highest BCUT2D eigenvalue weighted by Gasteiger charge is 2.22. The molecular formula is C20H21N3O3S. The lowest BCUT2D eigenvalue weighted by Gasteiger charge is -2.26. The SMILES string of the molecule is CNS(=O)(=O)c1ccc(-c2nccn2CC2OCCc3ccccc32)cc1. The number of nitrogens with one attached hydrogen (secondary N) is 1. The standard InChI is InChI=1S/C20H21N3O3S/c1-21-27(24,25)17-8-6-16(7-9-17)20-22-11-12-23(20)14-19-18-5-3-2-4-15(18)10-13-26-19/h2-9,11-12,19,21H,10,13-14H2,1H3.